The number of rotatable bonds is 6. The van der Waals surface area contributed by atoms with E-state index in [1.807, 2.05) is 0 Å². The smallest absolute Gasteiger partial charge is 0.875 e. The first-order valence-corrected chi connectivity index (χ1v) is 8.29. The standard InChI is InChI=1S/2C10H12O3.Fe/c2*1-2-13-10(12)7-9(11)8-5-3-4-6-8;/h2*3-6,11H,2,7H2,1H3;/q;;+2/p-2. The van der Waals surface area contributed by atoms with Gasteiger partial charge in [-0.25, -0.2) is 0 Å². The van der Waals surface area contributed by atoms with E-state index < -0.39 is 11.9 Å². The van der Waals surface area contributed by atoms with Crippen LogP contribution in [0.3, 0.4) is 0 Å². The van der Waals surface area contributed by atoms with Gasteiger partial charge in [-0.05, 0) is 25.0 Å². The third-order valence-electron chi connectivity index (χ3n) is 3.19. The van der Waals surface area contributed by atoms with Crippen LogP contribution in [0.1, 0.15) is 26.7 Å². The van der Waals surface area contributed by atoms with Gasteiger partial charge in [0.05, 0.1) is 26.1 Å². The molecule has 0 amide bonds. The predicted octanol–water partition coefficient (Wildman–Crippen LogP) is 1.36. The number of hydrogen-bond acceptors (Lipinski definition) is 6. The summed E-state index contributed by atoms with van der Waals surface area (Å²) in [6.07, 6.45) is 13.4. The molecule has 146 valence electrons. The second-order valence-electron chi connectivity index (χ2n) is 5.16. The molecule has 0 aromatic rings. The summed E-state index contributed by atoms with van der Waals surface area (Å²) in [5.41, 5.74) is 1.13. The fourth-order valence-corrected chi connectivity index (χ4v) is 2.01. The van der Waals surface area contributed by atoms with E-state index in [-0.39, 0.29) is 41.4 Å². The van der Waals surface area contributed by atoms with E-state index in [0.717, 1.165) is 0 Å². The van der Waals surface area contributed by atoms with Crippen LogP contribution in [0.4, 0.5) is 0 Å². The van der Waals surface area contributed by atoms with Crippen molar-refractivity contribution in [2.75, 3.05) is 13.2 Å². The molecule has 27 heavy (non-hydrogen) atoms. The Bertz CT molecular complexity index is 607. The Labute approximate surface area is 169 Å². The Morgan fingerprint density at radius 3 is 1.30 bits per heavy atom. The van der Waals surface area contributed by atoms with Gasteiger partial charge in [-0.3, -0.25) is 9.59 Å². The third-order valence-corrected chi connectivity index (χ3v) is 3.19. The van der Waals surface area contributed by atoms with Crippen molar-refractivity contribution in [3.63, 3.8) is 0 Å². The SMILES string of the molecule is CCOC(=O)CC([O-])=C1C=CC=C1.CCOC(=O)CC([O-])=C1C=CC=C1.[Fe+2]. The summed E-state index contributed by atoms with van der Waals surface area (Å²) in [5, 5.41) is 22.6. The van der Waals surface area contributed by atoms with E-state index in [2.05, 4.69) is 9.47 Å². The number of allylic oxidation sites excluding steroid dienone is 10. The first-order chi connectivity index (χ1) is 12.5. The molecule has 0 aliphatic heterocycles. The van der Waals surface area contributed by atoms with E-state index in [0.29, 0.717) is 24.4 Å². The first-order valence-electron chi connectivity index (χ1n) is 8.29. The minimum atomic E-state index is -0.464. The van der Waals surface area contributed by atoms with Crippen molar-refractivity contribution in [1.82, 2.24) is 0 Å². The average Bonchev–Trinajstić information content (AvgIpc) is 3.30. The van der Waals surface area contributed by atoms with Crippen LogP contribution in [0.25, 0.3) is 0 Å². The van der Waals surface area contributed by atoms with Crippen LogP contribution < -0.4 is 10.2 Å². The molecule has 0 unspecified atom stereocenters. The quantitative estimate of drug-likeness (QED) is 0.370. The molecule has 2 rings (SSSR count). The molecule has 0 saturated carbocycles. The molecule has 0 saturated heterocycles. The van der Waals surface area contributed by atoms with Crippen LogP contribution >= 0.6 is 0 Å². The summed E-state index contributed by atoms with van der Waals surface area (Å²) in [5.74, 6) is -1.31. The number of hydrogen-bond donors (Lipinski definition) is 0. The van der Waals surface area contributed by atoms with Crippen LogP contribution in [0.2, 0.25) is 0 Å². The molecule has 0 N–H and O–H groups in total. The molecule has 0 fully saturated rings. The zero-order valence-electron chi connectivity index (χ0n) is 15.3. The number of esters is 2. The van der Waals surface area contributed by atoms with Gasteiger partial charge in [0.25, 0.3) is 0 Å². The molecule has 7 heteroatoms. The van der Waals surface area contributed by atoms with Crippen LogP contribution in [0.5, 0.6) is 0 Å². The van der Waals surface area contributed by atoms with Crippen molar-refractivity contribution in [1.29, 1.82) is 0 Å². The molecular weight excluding hydrogens is 392 g/mol. The zero-order valence-corrected chi connectivity index (χ0v) is 16.4. The van der Waals surface area contributed by atoms with Gasteiger partial charge >= 0.3 is 29.0 Å². The van der Waals surface area contributed by atoms with Gasteiger partial charge in [-0.2, -0.15) is 0 Å². The first kappa shape index (κ1) is 24.5. The van der Waals surface area contributed by atoms with E-state index in [9.17, 15) is 19.8 Å². The molecule has 0 spiro atoms. The van der Waals surface area contributed by atoms with Gasteiger partial charge in [-0.15, -0.1) is 11.5 Å². The molecule has 6 nitrogen and oxygen atoms in total. The van der Waals surface area contributed by atoms with Crippen molar-refractivity contribution in [3.8, 4) is 0 Å². The number of ether oxygens (including phenoxy) is 2. The van der Waals surface area contributed by atoms with Crippen LogP contribution in [0.15, 0.2) is 71.3 Å². The Morgan fingerprint density at radius 1 is 0.741 bits per heavy atom. The monoisotopic (exact) mass is 414 g/mol. The topological polar surface area (TPSA) is 98.7 Å². The summed E-state index contributed by atoms with van der Waals surface area (Å²) in [6, 6.07) is 0. The van der Waals surface area contributed by atoms with Gasteiger partial charge in [0.2, 0.25) is 0 Å². The maximum Gasteiger partial charge on any atom is 2.00 e. The van der Waals surface area contributed by atoms with Crippen molar-refractivity contribution in [3.05, 3.63) is 71.3 Å². The van der Waals surface area contributed by atoms with Gasteiger partial charge in [0, 0.05) is 0 Å². The Balaban J connectivity index is 0.000000483. The maximum absolute atomic E-state index is 11.3. The molecular formula is C20H22FeO6. The summed E-state index contributed by atoms with van der Waals surface area (Å²) >= 11 is 0. The Morgan fingerprint density at radius 2 is 1.04 bits per heavy atom. The van der Waals surface area contributed by atoms with Crippen LogP contribution in [0, 0.1) is 0 Å². The zero-order chi connectivity index (χ0) is 19.4. The van der Waals surface area contributed by atoms with E-state index in [1.165, 1.54) is 0 Å². The van der Waals surface area contributed by atoms with Crippen molar-refractivity contribution >= 4 is 11.9 Å². The van der Waals surface area contributed by atoms with E-state index in [1.54, 1.807) is 62.5 Å². The largest absolute Gasteiger partial charge is 2.00 e. The molecule has 0 aromatic carbocycles. The van der Waals surface area contributed by atoms with Crippen LogP contribution in [-0.4, -0.2) is 25.2 Å². The number of carbonyl (C=O) groups excluding carboxylic acids is 2. The van der Waals surface area contributed by atoms with E-state index in [4.69, 9.17) is 0 Å². The van der Waals surface area contributed by atoms with Gasteiger partial charge in [0.1, 0.15) is 0 Å². The molecule has 0 aromatic heterocycles. The van der Waals surface area contributed by atoms with Crippen molar-refractivity contribution < 1.29 is 46.3 Å². The van der Waals surface area contributed by atoms with Crippen LogP contribution in [-0.2, 0) is 36.1 Å². The fourth-order valence-electron chi connectivity index (χ4n) is 2.01. The molecule has 0 bridgehead atoms. The van der Waals surface area contributed by atoms with E-state index >= 15 is 0 Å². The molecule has 0 heterocycles. The molecule has 0 atom stereocenters. The minimum Gasteiger partial charge on any atom is -0.875 e. The number of carbonyl (C=O) groups is 2. The summed E-state index contributed by atoms with van der Waals surface area (Å²) in [7, 11) is 0. The Kier molecular flexibility index (Phi) is 12.4. The van der Waals surface area contributed by atoms with Crippen molar-refractivity contribution in [2.45, 2.75) is 26.7 Å². The fraction of sp³-hybridized carbons (Fsp3) is 0.300. The second-order valence-corrected chi connectivity index (χ2v) is 5.16. The van der Waals surface area contributed by atoms with Crippen molar-refractivity contribution in [2.24, 2.45) is 0 Å². The van der Waals surface area contributed by atoms with Gasteiger partial charge < -0.3 is 19.7 Å². The molecule has 0 radical (unpaired) electrons. The average molecular weight is 414 g/mol. The molecule has 2 aliphatic carbocycles. The predicted molar refractivity (Wildman–Crippen MR) is 93.1 cm³/mol. The second kappa shape index (κ2) is 13.7. The Hall–Kier alpha value is -2.50. The summed E-state index contributed by atoms with van der Waals surface area (Å²) < 4.78 is 9.30. The summed E-state index contributed by atoms with van der Waals surface area (Å²) in [6.45, 7) is 4.05. The third kappa shape index (κ3) is 9.68. The minimum absolute atomic E-state index is 0. The summed E-state index contributed by atoms with van der Waals surface area (Å²) in [4.78, 5) is 21.8. The maximum atomic E-state index is 11.3. The normalized spacial score (nSPS) is 13.0. The molecule has 2 aliphatic rings. The van der Waals surface area contributed by atoms with Gasteiger partial charge in [0.15, 0.2) is 0 Å². The van der Waals surface area contributed by atoms with Gasteiger partial charge in [-0.1, -0.05) is 48.6 Å².